The molecule has 6 atom stereocenters. The van der Waals surface area contributed by atoms with E-state index in [2.05, 4.69) is 24.8 Å². The molecule has 0 saturated carbocycles. The zero-order chi connectivity index (χ0) is 30.5. The van der Waals surface area contributed by atoms with Crippen LogP contribution >= 0.6 is 7.75 Å². The van der Waals surface area contributed by atoms with Crippen molar-refractivity contribution in [2.75, 3.05) is 33.2 Å². The fourth-order valence-electron chi connectivity index (χ4n) is 3.99. The normalized spacial score (nSPS) is 23.1. The average molecular weight is 605 g/mol. The Kier molecular flexibility index (Phi) is 11.0. The maximum absolute atomic E-state index is 13.7. The van der Waals surface area contributed by atoms with E-state index in [9.17, 15) is 24.4 Å². The van der Waals surface area contributed by atoms with Crippen LogP contribution in [0.3, 0.4) is 0 Å². The molecule has 0 spiro atoms. The number of carbonyl (C=O) groups is 2. The molecule has 0 amide bonds. The highest BCUT2D eigenvalue weighted by atomic mass is 31.2. The van der Waals surface area contributed by atoms with Crippen molar-refractivity contribution in [3.8, 4) is 5.88 Å². The maximum atomic E-state index is 13.7. The number of nitrogen functional groups attached to an aromatic ring is 1. The predicted molar refractivity (Wildman–Crippen MR) is 141 cm³/mol. The van der Waals surface area contributed by atoms with Gasteiger partial charge in [-0.15, -0.1) is 0 Å². The number of hydrogen-bond acceptors (Lipinski definition) is 15. The van der Waals surface area contributed by atoms with E-state index >= 15 is 0 Å². The van der Waals surface area contributed by atoms with E-state index in [0.717, 1.165) is 7.11 Å². The van der Waals surface area contributed by atoms with Crippen molar-refractivity contribution in [1.82, 2.24) is 24.6 Å². The van der Waals surface area contributed by atoms with E-state index in [0.29, 0.717) is 0 Å². The maximum Gasteiger partial charge on any atom is 0.406 e. The van der Waals surface area contributed by atoms with Gasteiger partial charge in [0.2, 0.25) is 11.8 Å². The molecule has 1 aliphatic heterocycles. The van der Waals surface area contributed by atoms with E-state index in [4.69, 9.17) is 29.0 Å². The molecule has 1 fully saturated rings. The van der Waals surface area contributed by atoms with Crippen LogP contribution in [0, 0.1) is 5.92 Å². The Balaban J connectivity index is 1.81. The van der Waals surface area contributed by atoms with Crippen LogP contribution < -0.4 is 15.6 Å². The van der Waals surface area contributed by atoms with Crippen molar-refractivity contribution in [2.45, 2.75) is 70.8 Å². The summed E-state index contributed by atoms with van der Waals surface area (Å²) in [5, 5.41) is 24.0. The van der Waals surface area contributed by atoms with Gasteiger partial charge in [-0.1, -0.05) is 13.8 Å². The van der Waals surface area contributed by atoms with E-state index < -0.39 is 69.6 Å². The van der Waals surface area contributed by atoms with Crippen molar-refractivity contribution in [3.63, 3.8) is 0 Å². The monoisotopic (exact) mass is 604 g/mol. The van der Waals surface area contributed by atoms with Gasteiger partial charge in [-0.05, 0) is 26.2 Å². The Morgan fingerprint density at radius 1 is 1.17 bits per heavy atom. The molecule has 230 valence electrons. The molecule has 3 heterocycles. The zero-order valence-electron chi connectivity index (χ0n) is 23.6. The fourth-order valence-corrected chi connectivity index (χ4v) is 5.42. The molecule has 0 radical (unpaired) electrons. The highest BCUT2D eigenvalue weighted by Gasteiger charge is 2.46. The molecule has 2 aromatic rings. The van der Waals surface area contributed by atoms with Crippen LogP contribution in [-0.2, 0) is 37.4 Å². The van der Waals surface area contributed by atoms with E-state index in [1.54, 1.807) is 13.8 Å². The van der Waals surface area contributed by atoms with Crippen LogP contribution in [0.5, 0.6) is 5.88 Å². The van der Waals surface area contributed by atoms with Crippen LogP contribution in [0.2, 0.25) is 0 Å². The van der Waals surface area contributed by atoms with Crippen molar-refractivity contribution in [3.05, 3.63) is 6.33 Å². The van der Waals surface area contributed by atoms with Gasteiger partial charge in [-0.2, -0.15) is 9.97 Å². The standard InChI is InChI=1S/C23H37N6O11P/c1-11(2)7-13(22(33)39-12(3)4)28-41(34,38-9-15(30)35-5)37-8-14-17(31)18(32)21(40-14)29-10-25-16-19(29)26-23(24)27-20(16)36-6/h10-14,17-18,21,31-32H,7-9H2,1-6H3,(H,28,34)(H2,24,26,27)/t13-,14+,17?,18+,21+,41?/m0/s1. The second-order valence-corrected chi connectivity index (χ2v) is 11.7. The molecule has 17 nitrogen and oxygen atoms in total. The Labute approximate surface area is 236 Å². The van der Waals surface area contributed by atoms with Gasteiger partial charge < -0.3 is 34.9 Å². The third kappa shape index (κ3) is 8.09. The van der Waals surface area contributed by atoms with Gasteiger partial charge in [0.05, 0.1) is 33.3 Å². The first-order valence-electron chi connectivity index (χ1n) is 12.8. The lowest BCUT2D eigenvalue weighted by atomic mass is 10.0. The van der Waals surface area contributed by atoms with Crippen molar-refractivity contribution < 1.29 is 52.4 Å². The first kappa shape index (κ1) is 32.6. The van der Waals surface area contributed by atoms with Gasteiger partial charge >= 0.3 is 19.7 Å². The Morgan fingerprint density at radius 2 is 1.88 bits per heavy atom. The van der Waals surface area contributed by atoms with Crippen LogP contribution in [0.1, 0.15) is 40.3 Å². The third-order valence-corrected chi connectivity index (χ3v) is 7.44. The Morgan fingerprint density at radius 3 is 2.49 bits per heavy atom. The number of methoxy groups -OCH3 is 2. The number of nitrogens with zero attached hydrogens (tertiary/aromatic N) is 4. The van der Waals surface area contributed by atoms with E-state index in [1.807, 2.05) is 13.8 Å². The summed E-state index contributed by atoms with van der Waals surface area (Å²) in [5.74, 6) is -1.60. The molecule has 2 aromatic heterocycles. The molecule has 0 bridgehead atoms. The van der Waals surface area contributed by atoms with Gasteiger partial charge in [0, 0.05) is 0 Å². The summed E-state index contributed by atoms with van der Waals surface area (Å²) in [4.78, 5) is 36.7. The summed E-state index contributed by atoms with van der Waals surface area (Å²) in [7, 11) is -1.94. The number of fused-ring (bicyclic) bond motifs is 1. The lowest BCUT2D eigenvalue weighted by Gasteiger charge is -2.26. The quantitative estimate of drug-likeness (QED) is 0.168. The molecule has 2 unspecified atom stereocenters. The summed E-state index contributed by atoms with van der Waals surface area (Å²) in [6.45, 7) is 5.66. The smallest absolute Gasteiger partial charge is 0.406 e. The summed E-state index contributed by atoms with van der Waals surface area (Å²) >= 11 is 0. The second kappa shape index (κ2) is 13.8. The van der Waals surface area contributed by atoms with E-state index in [1.165, 1.54) is 18.0 Å². The van der Waals surface area contributed by atoms with Crippen LogP contribution in [0.4, 0.5) is 5.95 Å². The number of ether oxygens (including phenoxy) is 4. The largest absolute Gasteiger partial charge is 0.479 e. The fraction of sp³-hybridized carbons (Fsp3) is 0.696. The summed E-state index contributed by atoms with van der Waals surface area (Å²) in [6.07, 6.45) is -4.42. The number of nitrogens with one attached hydrogen (secondary N) is 1. The Bertz CT molecular complexity index is 1260. The van der Waals surface area contributed by atoms with E-state index in [-0.39, 0.29) is 35.3 Å². The lowest BCUT2D eigenvalue weighted by Crippen LogP contribution is -2.40. The average Bonchev–Trinajstić information content (AvgIpc) is 3.44. The van der Waals surface area contributed by atoms with Crippen LogP contribution in [0.15, 0.2) is 6.33 Å². The summed E-state index contributed by atoms with van der Waals surface area (Å²) < 4.78 is 46.6. The van der Waals surface area contributed by atoms with Crippen molar-refractivity contribution in [1.29, 1.82) is 0 Å². The molecule has 41 heavy (non-hydrogen) atoms. The molecule has 0 aromatic carbocycles. The molecule has 1 aliphatic rings. The topological polar surface area (TPSA) is 229 Å². The number of hydrogen-bond donors (Lipinski definition) is 4. The number of aromatic nitrogens is 4. The molecule has 0 aliphatic carbocycles. The number of nitrogens with two attached hydrogens (primary N) is 1. The first-order chi connectivity index (χ1) is 19.3. The molecule has 5 N–H and O–H groups in total. The number of aliphatic hydroxyl groups excluding tert-OH is 2. The van der Waals surface area contributed by atoms with Crippen LogP contribution in [0.25, 0.3) is 11.2 Å². The minimum Gasteiger partial charge on any atom is -0.479 e. The number of anilines is 1. The summed E-state index contributed by atoms with van der Waals surface area (Å²) in [6, 6.07) is -1.12. The molecule has 3 rings (SSSR count). The predicted octanol–water partition coefficient (Wildman–Crippen LogP) is 0.307. The SMILES string of the molecule is COC(=O)COP(=O)(N[C@@H](CC(C)C)C(=O)OC(C)C)OC[C@H]1O[C@@H](n2cnc3c(OC)nc(N)nc32)[C@H](O)C1O. The lowest BCUT2D eigenvalue weighted by molar-refractivity contribution is -0.150. The van der Waals surface area contributed by atoms with Gasteiger partial charge in [-0.3, -0.25) is 18.4 Å². The highest BCUT2D eigenvalue weighted by molar-refractivity contribution is 7.51. The number of esters is 2. The van der Waals surface area contributed by atoms with Gasteiger partial charge in [0.25, 0.3) is 0 Å². The van der Waals surface area contributed by atoms with Crippen molar-refractivity contribution in [2.24, 2.45) is 5.92 Å². The zero-order valence-corrected chi connectivity index (χ0v) is 24.5. The van der Waals surface area contributed by atoms with Gasteiger partial charge in [-0.25, -0.2) is 19.4 Å². The molecular formula is C23H37N6O11P. The first-order valence-corrected chi connectivity index (χ1v) is 14.3. The second-order valence-electron chi connectivity index (χ2n) is 9.90. The van der Waals surface area contributed by atoms with Gasteiger partial charge in [0.1, 0.15) is 24.4 Å². The number of aliphatic hydroxyl groups is 2. The molecule has 1 saturated heterocycles. The van der Waals surface area contributed by atoms with Crippen LogP contribution in [-0.4, -0.2) is 99.6 Å². The third-order valence-electron chi connectivity index (χ3n) is 5.86. The highest BCUT2D eigenvalue weighted by Crippen LogP contribution is 2.46. The van der Waals surface area contributed by atoms with Crippen molar-refractivity contribution >= 4 is 36.8 Å². The number of carbonyl (C=O) groups excluding carboxylic acids is 2. The van der Waals surface area contributed by atoms with Gasteiger partial charge in [0.15, 0.2) is 24.0 Å². The minimum absolute atomic E-state index is 0.0290. The Hall–Kier alpha value is -2.92. The number of rotatable bonds is 14. The number of imidazole rings is 1. The molecular weight excluding hydrogens is 567 g/mol. The summed E-state index contributed by atoms with van der Waals surface area (Å²) in [5.41, 5.74) is 6.16. The minimum atomic E-state index is -4.43. The molecule has 18 heteroatoms.